The number of aromatic hydroxyl groups is 1. The van der Waals surface area contributed by atoms with Gasteiger partial charge in [-0.05, 0) is 37.6 Å². The average Bonchev–Trinajstić information content (AvgIpc) is 2.64. The van der Waals surface area contributed by atoms with Gasteiger partial charge in [0, 0.05) is 30.8 Å². The predicted molar refractivity (Wildman–Crippen MR) is 91.2 cm³/mol. The molecule has 1 saturated heterocycles. The van der Waals surface area contributed by atoms with Crippen molar-refractivity contribution in [2.75, 3.05) is 20.2 Å². The minimum Gasteiger partial charge on any atom is -0.504 e. The smallest absolute Gasteiger partial charge is 0.185 e. The van der Waals surface area contributed by atoms with Crippen LogP contribution in [0.2, 0.25) is 0 Å². The number of hydrogen-bond donors (Lipinski definition) is 1. The van der Waals surface area contributed by atoms with Crippen LogP contribution in [-0.4, -0.2) is 41.0 Å². The van der Waals surface area contributed by atoms with Crippen LogP contribution in [0.4, 0.5) is 0 Å². The summed E-state index contributed by atoms with van der Waals surface area (Å²) in [5.41, 5.74) is 1.36. The fraction of sp³-hybridized carbons (Fsp3) is 0.368. The number of hydrogen-bond acceptors (Lipinski definition) is 5. The summed E-state index contributed by atoms with van der Waals surface area (Å²) in [6.07, 6.45) is 3.51. The molecule has 0 spiro atoms. The number of ketones is 1. The molecule has 1 atom stereocenters. The van der Waals surface area contributed by atoms with E-state index in [0.29, 0.717) is 24.5 Å². The molecule has 126 valence electrons. The Morgan fingerprint density at radius 1 is 1.33 bits per heavy atom. The second kappa shape index (κ2) is 7.45. The molecule has 0 aliphatic carbocycles. The highest BCUT2D eigenvalue weighted by molar-refractivity contribution is 5.96. The zero-order valence-corrected chi connectivity index (χ0v) is 13.8. The maximum Gasteiger partial charge on any atom is 0.185 e. The Labute approximate surface area is 141 Å². The molecule has 1 aliphatic rings. The number of benzene rings is 1. The summed E-state index contributed by atoms with van der Waals surface area (Å²) in [5.74, 6) is 0.723. The van der Waals surface area contributed by atoms with Gasteiger partial charge < -0.3 is 9.84 Å². The molecule has 0 unspecified atom stereocenters. The summed E-state index contributed by atoms with van der Waals surface area (Å²) in [6, 6.07) is 10.9. The molecule has 1 aliphatic heterocycles. The number of phenolic OH excluding ortho intramolecular Hbond substituents is 1. The van der Waals surface area contributed by atoms with Gasteiger partial charge in [0.1, 0.15) is 5.69 Å². The van der Waals surface area contributed by atoms with Gasteiger partial charge in [-0.1, -0.05) is 18.2 Å². The van der Waals surface area contributed by atoms with Gasteiger partial charge in [-0.15, -0.1) is 0 Å². The lowest BCUT2D eigenvalue weighted by atomic mass is 9.91. The second-order valence-electron chi connectivity index (χ2n) is 6.12. The number of para-hydroxylation sites is 1. The molecular formula is C19H22N2O3. The summed E-state index contributed by atoms with van der Waals surface area (Å²) in [6.45, 7) is 2.21. The number of methoxy groups -OCH3 is 1. The first-order valence-corrected chi connectivity index (χ1v) is 8.21. The molecule has 1 N–H and O–H groups in total. The van der Waals surface area contributed by atoms with Crippen LogP contribution in [0, 0.1) is 5.92 Å². The number of likely N-dealkylation sites (tertiary alicyclic amines) is 1. The molecule has 0 radical (unpaired) electrons. The molecule has 2 aromatic rings. The number of phenols is 1. The van der Waals surface area contributed by atoms with E-state index in [-0.39, 0.29) is 17.5 Å². The van der Waals surface area contributed by atoms with Gasteiger partial charge >= 0.3 is 0 Å². The molecule has 2 heterocycles. The Morgan fingerprint density at radius 2 is 2.21 bits per heavy atom. The van der Waals surface area contributed by atoms with Crippen molar-refractivity contribution in [2.45, 2.75) is 19.4 Å². The van der Waals surface area contributed by atoms with Crippen LogP contribution in [0.5, 0.6) is 11.5 Å². The molecule has 24 heavy (non-hydrogen) atoms. The number of carbonyl (C=O) groups is 1. The van der Waals surface area contributed by atoms with E-state index in [2.05, 4.69) is 9.88 Å². The van der Waals surface area contributed by atoms with Crippen LogP contribution in [0.3, 0.4) is 0 Å². The number of pyridine rings is 1. The van der Waals surface area contributed by atoms with Crippen molar-refractivity contribution in [3.05, 3.63) is 53.9 Å². The number of carbonyl (C=O) groups excluding carboxylic acids is 1. The summed E-state index contributed by atoms with van der Waals surface area (Å²) < 4.78 is 5.16. The third-order valence-corrected chi connectivity index (χ3v) is 4.49. The topological polar surface area (TPSA) is 62.7 Å². The Kier molecular flexibility index (Phi) is 5.11. The van der Waals surface area contributed by atoms with Crippen LogP contribution in [-0.2, 0) is 6.54 Å². The minimum atomic E-state index is -0.0404. The van der Waals surface area contributed by atoms with E-state index in [1.54, 1.807) is 25.4 Å². The van der Waals surface area contributed by atoms with Crippen LogP contribution in [0.25, 0.3) is 0 Å². The zero-order chi connectivity index (χ0) is 16.9. The van der Waals surface area contributed by atoms with Crippen LogP contribution < -0.4 is 4.74 Å². The van der Waals surface area contributed by atoms with Gasteiger partial charge in [0.25, 0.3) is 0 Å². The van der Waals surface area contributed by atoms with E-state index in [0.717, 1.165) is 24.9 Å². The Bertz CT molecular complexity index is 703. The minimum absolute atomic E-state index is 0.0404. The number of Topliss-reactive ketones (excluding diaryl/α,β-unsaturated/α-hetero) is 1. The third kappa shape index (κ3) is 3.57. The first-order chi connectivity index (χ1) is 11.7. The van der Waals surface area contributed by atoms with Crippen molar-refractivity contribution in [3.8, 4) is 11.5 Å². The highest BCUT2D eigenvalue weighted by atomic mass is 16.5. The fourth-order valence-electron chi connectivity index (χ4n) is 3.23. The molecule has 0 amide bonds. The quantitative estimate of drug-likeness (QED) is 0.856. The van der Waals surface area contributed by atoms with E-state index in [1.807, 2.05) is 24.3 Å². The monoisotopic (exact) mass is 326 g/mol. The Morgan fingerprint density at radius 3 is 2.96 bits per heavy atom. The van der Waals surface area contributed by atoms with E-state index < -0.39 is 0 Å². The normalized spacial score (nSPS) is 18.3. The average molecular weight is 326 g/mol. The molecular weight excluding hydrogens is 304 g/mol. The van der Waals surface area contributed by atoms with Crippen LogP contribution >= 0.6 is 0 Å². The van der Waals surface area contributed by atoms with Crippen molar-refractivity contribution in [1.82, 2.24) is 9.88 Å². The van der Waals surface area contributed by atoms with Gasteiger partial charge in [0.05, 0.1) is 7.11 Å². The number of nitrogens with zero attached hydrogens (tertiary/aromatic N) is 2. The molecule has 3 rings (SSSR count). The van der Waals surface area contributed by atoms with Crippen molar-refractivity contribution >= 4 is 5.78 Å². The van der Waals surface area contributed by atoms with Gasteiger partial charge in [-0.25, -0.2) is 0 Å². The molecule has 0 saturated carbocycles. The lowest BCUT2D eigenvalue weighted by Crippen LogP contribution is -2.38. The standard InChI is InChI=1S/C19H22N2O3/c1-24-17-9-4-6-15(19(17)23)13-21-11-5-7-14(12-21)18(22)16-8-2-3-10-20-16/h2-4,6,8-10,14,23H,5,7,11-13H2,1H3/t14-/m0/s1. The fourth-order valence-corrected chi connectivity index (χ4v) is 3.23. The van der Waals surface area contributed by atoms with Gasteiger partial charge in [-0.3, -0.25) is 14.7 Å². The van der Waals surface area contributed by atoms with Crippen molar-refractivity contribution in [1.29, 1.82) is 0 Å². The maximum atomic E-state index is 12.6. The number of aromatic nitrogens is 1. The number of rotatable bonds is 5. The van der Waals surface area contributed by atoms with Gasteiger partial charge in [-0.2, -0.15) is 0 Å². The zero-order valence-electron chi connectivity index (χ0n) is 13.8. The lowest BCUT2D eigenvalue weighted by molar-refractivity contribution is 0.0805. The molecule has 0 bridgehead atoms. The van der Waals surface area contributed by atoms with Crippen LogP contribution in [0.1, 0.15) is 28.9 Å². The molecule has 5 heteroatoms. The summed E-state index contributed by atoms with van der Waals surface area (Å²) >= 11 is 0. The van der Waals surface area contributed by atoms with Crippen molar-refractivity contribution in [3.63, 3.8) is 0 Å². The molecule has 1 fully saturated rings. The first kappa shape index (κ1) is 16.5. The largest absolute Gasteiger partial charge is 0.504 e. The number of ether oxygens (including phenoxy) is 1. The summed E-state index contributed by atoms with van der Waals surface area (Å²) in [5, 5.41) is 10.2. The lowest BCUT2D eigenvalue weighted by Gasteiger charge is -2.32. The van der Waals surface area contributed by atoms with Gasteiger partial charge in [0.2, 0.25) is 0 Å². The summed E-state index contributed by atoms with van der Waals surface area (Å²) in [4.78, 5) is 19.0. The van der Waals surface area contributed by atoms with E-state index in [1.165, 1.54) is 0 Å². The van der Waals surface area contributed by atoms with Crippen LogP contribution in [0.15, 0.2) is 42.6 Å². The van der Waals surface area contributed by atoms with E-state index in [4.69, 9.17) is 4.74 Å². The van der Waals surface area contributed by atoms with Crippen molar-refractivity contribution < 1.29 is 14.6 Å². The third-order valence-electron chi connectivity index (χ3n) is 4.49. The summed E-state index contributed by atoms with van der Waals surface area (Å²) in [7, 11) is 1.54. The van der Waals surface area contributed by atoms with Gasteiger partial charge in [0.15, 0.2) is 17.3 Å². The van der Waals surface area contributed by atoms with E-state index in [9.17, 15) is 9.90 Å². The van der Waals surface area contributed by atoms with E-state index >= 15 is 0 Å². The molecule has 1 aromatic heterocycles. The highest BCUT2D eigenvalue weighted by Gasteiger charge is 2.27. The number of piperidine rings is 1. The molecule has 1 aromatic carbocycles. The molecule has 5 nitrogen and oxygen atoms in total. The SMILES string of the molecule is COc1cccc(CN2CCC[C@H](C(=O)c3ccccn3)C2)c1O. The predicted octanol–water partition coefficient (Wildman–Crippen LogP) is 2.89. The second-order valence-corrected chi connectivity index (χ2v) is 6.12. The first-order valence-electron chi connectivity index (χ1n) is 8.21. The highest BCUT2D eigenvalue weighted by Crippen LogP contribution is 2.31. The maximum absolute atomic E-state index is 12.6. The van der Waals surface area contributed by atoms with Crippen molar-refractivity contribution in [2.24, 2.45) is 5.92 Å². The Balaban J connectivity index is 1.69. The Hall–Kier alpha value is -2.40.